The first kappa shape index (κ1) is 10.4. The van der Waals surface area contributed by atoms with E-state index in [-0.39, 0.29) is 5.69 Å². The van der Waals surface area contributed by atoms with Crippen molar-refractivity contribution in [3.05, 3.63) is 34.4 Å². The Morgan fingerprint density at radius 1 is 1.50 bits per heavy atom. The van der Waals surface area contributed by atoms with Gasteiger partial charge in [-0.2, -0.15) is 0 Å². The van der Waals surface area contributed by atoms with Gasteiger partial charge in [-0.05, 0) is 12.0 Å². The molecule has 0 aliphatic rings. The lowest BCUT2D eigenvalue weighted by Crippen LogP contribution is -1.88. The van der Waals surface area contributed by atoms with Gasteiger partial charge in [0.15, 0.2) is 0 Å². The standard InChI is InChI=1S/C10H12N2O2/c1-8(2)7-11-9-4-3-5-10(6-9)12(13)14/h3-8H,1-2H3. The van der Waals surface area contributed by atoms with E-state index in [1.165, 1.54) is 12.1 Å². The highest BCUT2D eigenvalue weighted by molar-refractivity contribution is 5.65. The summed E-state index contributed by atoms with van der Waals surface area (Å²) in [6.45, 7) is 4.00. The van der Waals surface area contributed by atoms with Crippen LogP contribution in [0.25, 0.3) is 0 Å². The van der Waals surface area contributed by atoms with Crippen molar-refractivity contribution in [2.24, 2.45) is 10.9 Å². The van der Waals surface area contributed by atoms with Crippen molar-refractivity contribution in [1.29, 1.82) is 0 Å². The lowest BCUT2D eigenvalue weighted by molar-refractivity contribution is -0.384. The molecule has 1 aromatic carbocycles. The van der Waals surface area contributed by atoms with E-state index < -0.39 is 4.92 Å². The SMILES string of the molecule is CC(C)C=Nc1cccc([N+](=O)[O-])c1. The Morgan fingerprint density at radius 3 is 2.79 bits per heavy atom. The second kappa shape index (κ2) is 4.50. The zero-order valence-electron chi connectivity index (χ0n) is 8.18. The van der Waals surface area contributed by atoms with E-state index in [4.69, 9.17) is 0 Å². The van der Waals surface area contributed by atoms with Crippen molar-refractivity contribution in [2.75, 3.05) is 0 Å². The average molecular weight is 192 g/mol. The fraction of sp³-hybridized carbons (Fsp3) is 0.300. The van der Waals surface area contributed by atoms with Gasteiger partial charge in [-0.15, -0.1) is 0 Å². The van der Waals surface area contributed by atoms with Crippen LogP contribution >= 0.6 is 0 Å². The van der Waals surface area contributed by atoms with E-state index in [0.717, 1.165) is 0 Å². The van der Waals surface area contributed by atoms with Gasteiger partial charge < -0.3 is 0 Å². The van der Waals surface area contributed by atoms with Crippen molar-refractivity contribution in [2.45, 2.75) is 13.8 Å². The molecular formula is C10H12N2O2. The molecule has 0 saturated carbocycles. The normalized spacial score (nSPS) is 11.1. The Bertz CT molecular complexity index is 359. The Morgan fingerprint density at radius 2 is 2.21 bits per heavy atom. The zero-order chi connectivity index (χ0) is 10.6. The summed E-state index contributed by atoms with van der Waals surface area (Å²) in [4.78, 5) is 14.1. The predicted octanol–water partition coefficient (Wildman–Crippen LogP) is 2.95. The molecule has 14 heavy (non-hydrogen) atoms. The molecule has 74 valence electrons. The molecule has 0 atom stereocenters. The number of benzene rings is 1. The van der Waals surface area contributed by atoms with Crippen LogP contribution in [0.15, 0.2) is 29.3 Å². The van der Waals surface area contributed by atoms with Gasteiger partial charge in [-0.3, -0.25) is 15.1 Å². The number of aliphatic imine (C=N–C) groups is 1. The second-order valence-corrected chi connectivity index (χ2v) is 3.30. The predicted molar refractivity (Wildman–Crippen MR) is 56.1 cm³/mol. The number of hydrogen-bond acceptors (Lipinski definition) is 3. The summed E-state index contributed by atoms with van der Waals surface area (Å²) in [7, 11) is 0. The second-order valence-electron chi connectivity index (χ2n) is 3.30. The number of hydrogen-bond donors (Lipinski definition) is 0. The third-order valence-corrected chi connectivity index (χ3v) is 1.56. The topological polar surface area (TPSA) is 55.5 Å². The van der Waals surface area contributed by atoms with Crippen molar-refractivity contribution in [3.63, 3.8) is 0 Å². The minimum Gasteiger partial charge on any atom is -0.261 e. The van der Waals surface area contributed by atoms with Gasteiger partial charge in [0, 0.05) is 18.3 Å². The third kappa shape index (κ3) is 2.97. The first-order valence-electron chi connectivity index (χ1n) is 4.38. The minimum atomic E-state index is -0.422. The van der Waals surface area contributed by atoms with Crippen LogP contribution in [-0.2, 0) is 0 Å². The number of nitro benzene ring substituents is 1. The van der Waals surface area contributed by atoms with Crippen LogP contribution < -0.4 is 0 Å². The van der Waals surface area contributed by atoms with E-state index in [1.54, 1.807) is 18.3 Å². The van der Waals surface area contributed by atoms with E-state index in [1.807, 2.05) is 13.8 Å². The van der Waals surface area contributed by atoms with E-state index in [0.29, 0.717) is 11.6 Å². The third-order valence-electron chi connectivity index (χ3n) is 1.56. The fourth-order valence-corrected chi connectivity index (χ4v) is 0.922. The van der Waals surface area contributed by atoms with Crippen LogP contribution in [0.4, 0.5) is 11.4 Å². The molecule has 0 fully saturated rings. The minimum absolute atomic E-state index is 0.0726. The summed E-state index contributed by atoms with van der Waals surface area (Å²) >= 11 is 0. The Balaban J connectivity index is 2.89. The Kier molecular flexibility index (Phi) is 3.34. The Labute approximate surface area is 82.4 Å². The molecule has 0 N–H and O–H groups in total. The number of non-ortho nitro benzene ring substituents is 1. The lowest BCUT2D eigenvalue weighted by Gasteiger charge is -1.95. The lowest BCUT2D eigenvalue weighted by atomic mass is 10.2. The van der Waals surface area contributed by atoms with Crippen molar-refractivity contribution in [3.8, 4) is 0 Å². The summed E-state index contributed by atoms with van der Waals surface area (Å²) < 4.78 is 0. The quantitative estimate of drug-likeness (QED) is 0.420. The monoisotopic (exact) mass is 192 g/mol. The molecule has 0 radical (unpaired) electrons. The Hall–Kier alpha value is -1.71. The number of nitrogens with zero attached hydrogens (tertiary/aromatic N) is 2. The maximum absolute atomic E-state index is 10.4. The summed E-state index contributed by atoms with van der Waals surface area (Å²) in [6.07, 6.45) is 1.76. The highest BCUT2D eigenvalue weighted by Crippen LogP contribution is 2.19. The van der Waals surface area contributed by atoms with Crippen LogP contribution in [-0.4, -0.2) is 11.1 Å². The molecule has 4 nitrogen and oxygen atoms in total. The van der Waals surface area contributed by atoms with Gasteiger partial charge in [0.2, 0.25) is 0 Å². The molecule has 0 aromatic heterocycles. The zero-order valence-corrected chi connectivity index (χ0v) is 8.18. The van der Waals surface area contributed by atoms with Crippen LogP contribution in [0.5, 0.6) is 0 Å². The van der Waals surface area contributed by atoms with Crippen molar-refractivity contribution >= 4 is 17.6 Å². The molecule has 1 rings (SSSR count). The summed E-state index contributed by atoms with van der Waals surface area (Å²) in [5.41, 5.74) is 0.691. The molecule has 4 heteroatoms. The van der Waals surface area contributed by atoms with Gasteiger partial charge >= 0.3 is 0 Å². The fourth-order valence-electron chi connectivity index (χ4n) is 0.922. The maximum atomic E-state index is 10.4. The van der Waals surface area contributed by atoms with Crippen molar-refractivity contribution in [1.82, 2.24) is 0 Å². The number of rotatable bonds is 3. The van der Waals surface area contributed by atoms with Crippen LogP contribution in [0.2, 0.25) is 0 Å². The average Bonchev–Trinajstić information content (AvgIpc) is 2.15. The highest BCUT2D eigenvalue weighted by Gasteiger charge is 2.03. The molecular weight excluding hydrogens is 180 g/mol. The van der Waals surface area contributed by atoms with Crippen LogP contribution in [0.1, 0.15) is 13.8 Å². The molecule has 0 unspecified atom stereocenters. The molecule has 0 saturated heterocycles. The molecule has 0 aliphatic carbocycles. The van der Waals surface area contributed by atoms with Gasteiger partial charge in [-0.25, -0.2) is 0 Å². The molecule has 1 aromatic rings. The van der Waals surface area contributed by atoms with Crippen molar-refractivity contribution < 1.29 is 4.92 Å². The first-order chi connectivity index (χ1) is 6.59. The molecule has 0 heterocycles. The van der Waals surface area contributed by atoms with E-state index in [2.05, 4.69) is 4.99 Å². The smallest absolute Gasteiger partial charge is 0.261 e. The summed E-state index contributed by atoms with van der Waals surface area (Å²) in [6, 6.07) is 6.28. The maximum Gasteiger partial charge on any atom is 0.271 e. The van der Waals surface area contributed by atoms with E-state index >= 15 is 0 Å². The van der Waals surface area contributed by atoms with Crippen LogP contribution in [0.3, 0.4) is 0 Å². The molecule has 0 aliphatic heterocycles. The van der Waals surface area contributed by atoms with Gasteiger partial charge in [0.1, 0.15) is 0 Å². The summed E-state index contributed by atoms with van der Waals surface area (Å²) in [5.74, 6) is 0.342. The number of nitro groups is 1. The largest absolute Gasteiger partial charge is 0.271 e. The van der Waals surface area contributed by atoms with E-state index in [9.17, 15) is 10.1 Å². The molecule has 0 bridgehead atoms. The van der Waals surface area contributed by atoms with Gasteiger partial charge in [-0.1, -0.05) is 19.9 Å². The summed E-state index contributed by atoms with van der Waals surface area (Å²) in [5, 5.41) is 10.4. The van der Waals surface area contributed by atoms with Gasteiger partial charge in [0.25, 0.3) is 5.69 Å². The highest BCUT2D eigenvalue weighted by atomic mass is 16.6. The molecule has 0 spiro atoms. The molecule has 0 amide bonds. The van der Waals surface area contributed by atoms with Crippen LogP contribution in [0, 0.1) is 16.0 Å². The van der Waals surface area contributed by atoms with Gasteiger partial charge in [0.05, 0.1) is 10.6 Å². The first-order valence-corrected chi connectivity index (χ1v) is 4.38.